The lowest BCUT2D eigenvalue weighted by molar-refractivity contribution is -0.671. The molecule has 0 aromatic heterocycles. The van der Waals surface area contributed by atoms with Crippen LogP contribution in [0.5, 0.6) is 5.75 Å². The predicted molar refractivity (Wildman–Crippen MR) is 80.9 cm³/mol. The van der Waals surface area contributed by atoms with Crippen molar-refractivity contribution in [2.75, 3.05) is 20.3 Å². The van der Waals surface area contributed by atoms with E-state index in [1.54, 1.807) is 7.11 Å². The number of rotatable bonds is 6. The molecule has 1 atom stereocenters. The number of ether oxygens (including phenoxy) is 2. The summed E-state index contributed by atoms with van der Waals surface area (Å²) in [7, 11) is 1.70. The van der Waals surface area contributed by atoms with E-state index in [1.165, 1.54) is 31.4 Å². The fraction of sp³-hybridized carbons (Fsp3) is 0.647. The quantitative estimate of drug-likeness (QED) is 0.811. The fourth-order valence-corrected chi connectivity index (χ4v) is 2.99. The average Bonchev–Trinajstić information content (AvgIpc) is 2.43. The van der Waals surface area contributed by atoms with Crippen LogP contribution in [0.2, 0.25) is 0 Å². The van der Waals surface area contributed by atoms with Crippen LogP contribution >= 0.6 is 0 Å². The maximum absolute atomic E-state index is 5.77. The molecule has 1 aromatic carbocycles. The van der Waals surface area contributed by atoms with Crippen molar-refractivity contribution in [2.45, 2.75) is 45.3 Å². The van der Waals surface area contributed by atoms with Gasteiger partial charge in [-0.15, -0.1) is 0 Å². The van der Waals surface area contributed by atoms with Crippen LogP contribution in [0.15, 0.2) is 24.3 Å². The molecule has 0 radical (unpaired) electrons. The van der Waals surface area contributed by atoms with Gasteiger partial charge in [0.05, 0.1) is 19.3 Å². The standard InChI is InChI=1S/C17H27NO2/c1-17(2)12-14(9-11-20-17)8-10-18-13-15-4-6-16(19-3)7-5-15/h4-7,14,18H,8-13H2,1-3H3/p+1/t14-/m0/s1. The Kier molecular flexibility index (Phi) is 5.44. The number of hydrogen-bond acceptors (Lipinski definition) is 2. The Labute approximate surface area is 122 Å². The summed E-state index contributed by atoms with van der Waals surface area (Å²) < 4.78 is 10.9. The highest BCUT2D eigenvalue weighted by Gasteiger charge is 2.28. The molecule has 0 unspecified atom stereocenters. The van der Waals surface area contributed by atoms with Gasteiger partial charge in [-0.25, -0.2) is 0 Å². The van der Waals surface area contributed by atoms with Crippen molar-refractivity contribution in [3.63, 3.8) is 0 Å². The Bertz CT molecular complexity index is 400. The monoisotopic (exact) mass is 278 g/mol. The van der Waals surface area contributed by atoms with E-state index >= 15 is 0 Å². The van der Waals surface area contributed by atoms with Crippen LogP contribution < -0.4 is 10.1 Å². The highest BCUT2D eigenvalue weighted by Crippen LogP contribution is 2.29. The highest BCUT2D eigenvalue weighted by molar-refractivity contribution is 5.26. The lowest BCUT2D eigenvalue weighted by Crippen LogP contribution is -2.82. The number of quaternary nitrogens is 1. The van der Waals surface area contributed by atoms with Gasteiger partial charge in [0.2, 0.25) is 0 Å². The van der Waals surface area contributed by atoms with Crippen LogP contribution in [-0.4, -0.2) is 25.9 Å². The number of methoxy groups -OCH3 is 1. The van der Waals surface area contributed by atoms with E-state index in [4.69, 9.17) is 9.47 Å². The van der Waals surface area contributed by atoms with Crippen molar-refractivity contribution in [1.29, 1.82) is 0 Å². The summed E-state index contributed by atoms with van der Waals surface area (Å²) in [5, 5.41) is 2.41. The summed E-state index contributed by atoms with van der Waals surface area (Å²) in [5.74, 6) is 1.75. The zero-order chi connectivity index (χ0) is 14.4. The van der Waals surface area contributed by atoms with Gasteiger partial charge in [-0.1, -0.05) is 0 Å². The molecule has 0 bridgehead atoms. The summed E-state index contributed by atoms with van der Waals surface area (Å²) in [4.78, 5) is 0. The molecule has 20 heavy (non-hydrogen) atoms. The second-order valence-corrected chi connectivity index (χ2v) is 6.39. The number of benzene rings is 1. The molecule has 0 spiro atoms. The minimum absolute atomic E-state index is 0.0822. The van der Waals surface area contributed by atoms with Crippen LogP contribution in [0.3, 0.4) is 0 Å². The molecule has 1 aliphatic rings. The van der Waals surface area contributed by atoms with Gasteiger partial charge in [0.15, 0.2) is 0 Å². The molecule has 3 heteroatoms. The van der Waals surface area contributed by atoms with Crippen molar-refractivity contribution in [3.8, 4) is 5.75 Å². The van der Waals surface area contributed by atoms with E-state index in [9.17, 15) is 0 Å². The molecular formula is C17H28NO2+. The topological polar surface area (TPSA) is 35.1 Å². The van der Waals surface area contributed by atoms with Crippen molar-refractivity contribution < 1.29 is 14.8 Å². The van der Waals surface area contributed by atoms with Crippen LogP contribution in [0, 0.1) is 5.92 Å². The first-order valence-electron chi connectivity index (χ1n) is 7.67. The molecule has 2 N–H and O–H groups in total. The Morgan fingerprint density at radius 1 is 1.30 bits per heavy atom. The SMILES string of the molecule is COc1ccc(C[NH2+]CC[C@H]2CCOC(C)(C)C2)cc1. The van der Waals surface area contributed by atoms with Gasteiger partial charge < -0.3 is 14.8 Å². The Balaban J connectivity index is 1.65. The van der Waals surface area contributed by atoms with Crippen molar-refractivity contribution in [1.82, 2.24) is 0 Å². The third-order valence-electron chi connectivity index (χ3n) is 4.12. The summed E-state index contributed by atoms with van der Waals surface area (Å²) >= 11 is 0. The van der Waals surface area contributed by atoms with Gasteiger partial charge in [-0.3, -0.25) is 0 Å². The summed E-state index contributed by atoms with van der Waals surface area (Å²) in [6.07, 6.45) is 3.71. The van der Waals surface area contributed by atoms with E-state index in [2.05, 4.69) is 31.3 Å². The Hall–Kier alpha value is -1.06. The Morgan fingerprint density at radius 3 is 2.70 bits per heavy atom. The third-order valence-corrected chi connectivity index (χ3v) is 4.12. The molecule has 1 heterocycles. The molecule has 1 aliphatic heterocycles. The molecular weight excluding hydrogens is 250 g/mol. The molecule has 0 saturated carbocycles. The van der Waals surface area contributed by atoms with E-state index in [1.807, 2.05) is 12.1 Å². The summed E-state index contributed by atoms with van der Waals surface area (Å²) in [6, 6.07) is 8.36. The predicted octanol–water partition coefficient (Wildman–Crippen LogP) is 2.35. The molecule has 0 aliphatic carbocycles. The zero-order valence-corrected chi connectivity index (χ0v) is 13.0. The van der Waals surface area contributed by atoms with Gasteiger partial charge in [-0.05, 0) is 63.3 Å². The molecule has 3 nitrogen and oxygen atoms in total. The molecule has 1 aromatic rings. The van der Waals surface area contributed by atoms with E-state index in [0.29, 0.717) is 0 Å². The second-order valence-electron chi connectivity index (χ2n) is 6.39. The fourth-order valence-electron chi connectivity index (χ4n) is 2.99. The van der Waals surface area contributed by atoms with Crippen molar-refractivity contribution in [3.05, 3.63) is 29.8 Å². The summed E-state index contributed by atoms with van der Waals surface area (Å²) in [5.41, 5.74) is 1.44. The number of nitrogens with two attached hydrogens (primary N) is 1. The van der Waals surface area contributed by atoms with Gasteiger partial charge in [-0.2, -0.15) is 0 Å². The van der Waals surface area contributed by atoms with E-state index in [-0.39, 0.29) is 5.60 Å². The average molecular weight is 278 g/mol. The lowest BCUT2D eigenvalue weighted by Gasteiger charge is -2.35. The third kappa shape index (κ3) is 4.80. The molecule has 1 saturated heterocycles. The minimum atomic E-state index is 0.0822. The normalized spacial score (nSPS) is 21.6. The Morgan fingerprint density at radius 2 is 2.05 bits per heavy atom. The molecule has 2 rings (SSSR count). The molecule has 112 valence electrons. The first-order valence-corrected chi connectivity index (χ1v) is 7.67. The van der Waals surface area contributed by atoms with Gasteiger partial charge in [0, 0.05) is 12.2 Å². The molecule has 0 amide bonds. The highest BCUT2D eigenvalue weighted by atomic mass is 16.5. The lowest BCUT2D eigenvalue weighted by atomic mass is 9.86. The largest absolute Gasteiger partial charge is 0.497 e. The van der Waals surface area contributed by atoms with Gasteiger partial charge >= 0.3 is 0 Å². The van der Waals surface area contributed by atoms with Crippen LogP contribution in [0.1, 0.15) is 38.7 Å². The van der Waals surface area contributed by atoms with Crippen molar-refractivity contribution >= 4 is 0 Å². The summed E-state index contributed by atoms with van der Waals surface area (Å²) in [6.45, 7) is 7.60. The zero-order valence-electron chi connectivity index (χ0n) is 13.0. The first-order chi connectivity index (χ1) is 9.59. The number of hydrogen-bond donors (Lipinski definition) is 1. The first kappa shape index (κ1) is 15.3. The van der Waals surface area contributed by atoms with E-state index in [0.717, 1.165) is 24.8 Å². The minimum Gasteiger partial charge on any atom is -0.497 e. The van der Waals surface area contributed by atoms with Crippen LogP contribution in [-0.2, 0) is 11.3 Å². The van der Waals surface area contributed by atoms with E-state index < -0.39 is 0 Å². The second kappa shape index (κ2) is 7.09. The van der Waals surface area contributed by atoms with Crippen LogP contribution in [0.4, 0.5) is 0 Å². The molecule has 1 fully saturated rings. The maximum Gasteiger partial charge on any atom is 0.118 e. The smallest absolute Gasteiger partial charge is 0.118 e. The van der Waals surface area contributed by atoms with Gasteiger partial charge in [0.1, 0.15) is 12.3 Å². The van der Waals surface area contributed by atoms with Gasteiger partial charge in [0.25, 0.3) is 0 Å². The van der Waals surface area contributed by atoms with Crippen LogP contribution in [0.25, 0.3) is 0 Å². The van der Waals surface area contributed by atoms with Crippen molar-refractivity contribution in [2.24, 2.45) is 5.92 Å². The maximum atomic E-state index is 5.77.